The predicted molar refractivity (Wildman–Crippen MR) is 109 cm³/mol. The summed E-state index contributed by atoms with van der Waals surface area (Å²) in [6.07, 6.45) is 0.238. The molecule has 0 atom stereocenters. The van der Waals surface area contributed by atoms with E-state index in [9.17, 15) is 4.79 Å². The zero-order valence-corrected chi connectivity index (χ0v) is 17.1. The number of para-hydroxylation sites is 1. The van der Waals surface area contributed by atoms with Crippen molar-refractivity contribution < 1.29 is 18.8 Å². The summed E-state index contributed by atoms with van der Waals surface area (Å²) in [4.78, 5) is 19.1. The first-order valence-corrected chi connectivity index (χ1v) is 9.40. The van der Waals surface area contributed by atoms with Crippen LogP contribution in [-0.2, 0) is 17.8 Å². The highest BCUT2D eigenvalue weighted by molar-refractivity contribution is 5.79. The monoisotopic (exact) mass is 395 g/mol. The molecule has 152 valence electrons. The zero-order valence-electron chi connectivity index (χ0n) is 17.1. The molecule has 0 aliphatic carbocycles. The van der Waals surface area contributed by atoms with Gasteiger partial charge in [-0.1, -0.05) is 23.4 Å². The number of amides is 1. The van der Waals surface area contributed by atoms with E-state index in [1.807, 2.05) is 62.4 Å². The predicted octanol–water partition coefficient (Wildman–Crippen LogP) is 3.73. The van der Waals surface area contributed by atoms with E-state index in [1.165, 1.54) is 0 Å². The van der Waals surface area contributed by atoms with Gasteiger partial charge in [-0.2, -0.15) is 4.98 Å². The van der Waals surface area contributed by atoms with Crippen LogP contribution in [-0.4, -0.2) is 41.2 Å². The fourth-order valence-electron chi connectivity index (χ4n) is 2.99. The van der Waals surface area contributed by atoms with Crippen molar-refractivity contribution >= 4 is 5.91 Å². The van der Waals surface area contributed by atoms with Gasteiger partial charge in [0, 0.05) is 17.2 Å². The molecule has 0 fully saturated rings. The van der Waals surface area contributed by atoms with Gasteiger partial charge in [0.05, 0.1) is 20.6 Å². The number of carbonyl (C=O) groups is 1. The van der Waals surface area contributed by atoms with Crippen LogP contribution in [0.3, 0.4) is 0 Å². The van der Waals surface area contributed by atoms with Crippen molar-refractivity contribution in [2.24, 2.45) is 0 Å². The number of hydrogen-bond donors (Lipinski definition) is 0. The number of nitrogens with zero attached hydrogens (tertiary/aromatic N) is 3. The highest BCUT2D eigenvalue weighted by Gasteiger charge is 2.22. The maximum atomic E-state index is 12.9. The fourth-order valence-corrected chi connectivity index (χ4v) is 2.99. The Kier molecular flexibility index (Phi) is 6.49. The molecule has 3 rings (SSSR count). The Balaban J connectivity index is 1.73. The molecule has 0 bridgehead atoms. The van der Waals surface area contributed by atoms with Gasteiger partial charge in [-0.25, -0.2) is 0 Å². The third kappa shape index (κ3) is 4.93. The van der Waals surface area contributed by atoms with E-state index in [0.717, 1.165) is 16.9 Å². The number of methoxy groups -OCH3 is 2. The number of rotatable bonds is 8. The molecule has 0 spiro atoms. The molecule has 29 heavy (non-hydrogen) atoms. The minimum absolute atomic E-state index is 0.0199. The zero-order chi connectivity index (χ0) is 20.8. The molecule has 0 aliphatic heterocycles. The lowest BCUT2D eigenvalue weighted by Gasteiger charge is -2.25. The summed E-state index contributed by atoms with van der Waals surface area (Å²) in [5.41, 5.74) is 1.66. The molecule has 1 amide bonds. The Hall–Kier alpha value is -3.35. The smallest absolute Gasteiger partial charge is 0.246 e. The third-order valence-corrected chi connectivity index (χ3v) is 4.60. The summed E-state index contributed by atoms with van der Waals surface area (Å²) >= 11 is 0. The second-order valence-electron chi connectivity index (χ2n) is 6.84. The lowest BCUT2D eigenvalue weighted by Crippen LogP contribution is -2.37. The minimum Gasteiger partial charge on any atom is -0.497 e. The quantitative estimate of drug-likeness (QED) is 0.578. The van der Waals surface area contributed by atoms with Crippen molar-refractivity contribution in [3.8, 4) is 22.9 Å². The van der Waals surface area contributed by atoms with Crippen LogP contribution in [0.2, 0.25) is 0 Å². The topological polar surface area (TPSA) is 77.7 Å². The van der Waals surface area contributed by atoms with E-state index in [-0.39, 0.29) is 24.9 Å². The molecule has 2 aromatic carbocycles. The van der Waals surface area contributed by atoms with Crippen LogP contribution in [0.25, 0.3) is 11.4 Å². The van der Waals surface area contributed by atoms with Gasteiger partial charge in [0.15, 0.2) is 0 Å². The molecule has 7 heteroatoms. The molecule has 0 radical (unpaired) electrons. The van der Waals surface area contributed by atoms with E-state index in [4.69, 9.17) is 14.0 Å². The second kappa shape index (κ2) is 9.23. The summed E-state index contributed by atoms with van der Waals surface area (Å²) in [7, 11) is 3.21. The van der Waals surface area contributed by atoms with E-state index in [0.29, 0.717) is 17.5 Å². The molecule has 0 saturated carbocycles. The Morgan fingerprint density at radius 2 is 1.79 bits per heavy atom. The molecular formula is C22H25N3O4. The lowest BCUT2D eigenvalue weighted by atomic mass is 10.1. The molecule has 0 unspecified atom stereocenters. The maximum Gasteiger partial charge on any atom is 0.246 e. The molecule has 1 heterocycles. The van der Waals surface area contributed by atoms with Gasteiger partial charge in [0.1, 0.15) is 18.0 Å². The average molecular weight is 395 g/mol. The Bertz CT molecular complexity index is 951. The van der Waals surface area contributed by atoms with Crippen LogP contribution in [0.4, 0.5) is 0 Å². The first kappa shape index (κ1) is 20.4. The second-order valence-corrected chi connectivity index (χ2v) is 6.84. The van der Waals surface area contributed by atoms with E-state index < -0.39 is 0 Å². The van der Waals surface area contributed by atoms with Crippen LogP contribution >= 0.6 is 0 Å². The maximum absolute atomic E-state index is 12.9. The highest BCUT2D eigenvalue weighted by atomic mass is 16.5. The molecule has 7 nitrogen and oxygen atoms in total. The van der Waals surface area contributed by atoms with E-state index >= 15 is 0 Å². The van der Waals surface area contributed by atoms with Crippen LogP contribution < -0.4 is 9.47 Å². The van der Waals surface area contributed by atoms with Crippen molar-refractivity contribution in [3.05, 3.63) is 60.0 Å². The van der Waals surface area contributed by atoms with Gasteiger partial charge in [-0.3, -0.25) is 4.79 Å². The van der Waals surface area contributed by atoms with Crippen molar-refractivity contribution in [3.63, 3.8) is 0 Å². The van der Waals surface area contributed by atoms with Gasteiger partial charge in [-0.15, -0.1) is 0 Å². The minimum atomic E-state index is -0.0336. The van der Waals surface area contributed by atoms with Gasteiger partial charge < -0.3 is 18.9 Å². The van der Waals surface area contributed by atoms with Gasteiger partial charge >= 0.3 is 0 Å². The molecule has 0 aliphatic rings. The Morgan fingerprint density at radius 1 is 1.07 bits per heavy atom. The number of hydrogen-bond acceptors (Lipinski definition) is 6. The lowest BCUT2D eigenvalue weighted by molar-refractivity contribution is -0.133. The van der Waals surface area contributed by atoms with Crippen LogP contribution in [0.5, 0.6) is 11.5 Å². The first-order valence-electron chi connectivity index (χ1n) is 9.40. The van der Waals surface area contributed by atoms with E-state index in [1.54, 1.807) is 19.1 Å². The van der Waals surface area contributed by atoms with Gasteiger partial charge in [0.25, 0.3) is 0 Å². The van der Waals surface area contributed by atoms with Crippen molar-refractivity contribution in [2.75, 3.05) is 14.2 Å². The standard InChI is InChI=1S/C22H25N3O4/c1-15(2)25(21(26)13-17-7-5-6-8-19(17)28-4)14-20-23-22(24-29-20)16-9-11-18(27-3)12-10-16/h5-12,15H,13-14H2,1-4H3. The summed E-state index contributed by atoms with van der Waals surface area (Å²) in [6, 6.07) is 14.9. The highest BCUT2D eigenvalue weighted by Crippen LogP contribution is 2.22. The summed E-state index contributed by atoms with van der Waals surface area (Å²) in [6.45, 7) is 4.16. The third-order valence-electron chi connectivity index (χ3n) is 4.60. The summed E-state index contributed by atoms with van der Waals surface area (Å²) in [5.74, 6) is 2.28. The average Bonchev–Trinajstić information content (AvgIpc) is 3.21. The number of ether oxygens (including phenoxy) is 2. The number of aromatic nitrogens is 2. The SMILES string of the molecule is COc1ccc(-c2noc(CN(C(=O)Cc3ccccc3OC)C(C)C)n2)cc1. The van der Waals surface area contributed by atoms with Gasteiger partial charge in [-0.05, 0) is 44.2 Å². The summed E-state index contributed by atoms with van der Waals surface area (Å²) in [5, 5.41) is 4.04. The first-order chi connectivity index (χ1) is 14.0. The van der Waals surface area contributed by atoms with E-state index in [2.05, 4.69) is 10.1 Å². The molecule has 0 N–H and O–H groups in total. The molecular weight excluding hydrogens is 370 g/mol. The van der Waals surface area contributed by atoms with Crippen molar-refractivity contribution in [2.45, 2.75) is 32.9 Å². The Labute approximate surface area is 170 Å². The molecule has 3 aromatic rings. The van der Waals surface area contributed by atoms with Crippen LogP contribution in [0, 0.1) is 0 Å². The van der Waals surface area contributed by atoms with Crippen LogP contribution in [0.15, 0.2) is 53.1 Å². The van der Waals surface area contributed by atoms with Crippen molar-refractivity contribution in [1.29, 1.82) is 0 Å². The van der Waals surface area contributed by atoms with Crippen LogP contribution in [0.1, 0.15) is 25.3 Å². The largest absolute Gasteiger partial charge is 0.497 e. The number of benzene rings is 2. The molecule has 1 aromatic heterocycles. The fraction of sp³-hybridized carbons (Fsp3) is 0.318. The van der Waals surface area contributed by atoms with Crippen molar-refractivity contribution in [1.82, 2.24) is 15.0 Å². The Morgan fingerprint density at radius 3 is 2.45 bits per heavy atom. The summed E-state index contributed by atoms with van der Waals surface area (Å²) < 4.78 is 15.9. The van der Waals surface area contributed by atoms with Gasteiger partial charge in [0.2, 0.25) is 17.6 Å². The normalized spacial score (nSPS) is 10.8. The molecule has 0 saturated heterocycles. The number of carbonyl (C=O) groups excluding carboxylic acids is 1.